The van der Waals surface area contributed by atoms with E-state index in [-0.39, 0.29) is 22.8 Å². The molecule has 1 amide bonds. The first-order valence-electron chi connectivity index (χ1n) is 9.03. The number of carbonyl (C=O) groups is 1. The Morgan fingerprint density at radius 3 is 2.14 bits per heavy atom. The van der Waals surface area contributed by atoms with Gasteiger partial charge in [0.25, 0.3) is 5.91 Å². The number of sulfonamides is 1. The zero-order chi connectivity index (χ0) is 20.9. The molecule has 0 fully saturated rings. The molecular weight excluding hydrogens is 388 g/mol. The Hall–Kier alpha value is -3.16. The second kappa shape index (κ2) is 8.89. The Balaban J connectivity index is 1.78. The van der Waals surface area contributed by atoms with Crippen molar-refractivity contribution in [2.45, 2.75) is 18.0 Å². The maximum atomic E-state index is 12.8. The molecule has 0 aliphatic heterocycles. The van der Waals surface area contributed by atoms with Gasteiger partial charge in [-0.25, -0.2) is 13.1 Å². The summed E-state index contributed by atoms with van der Waals surface area (Å²) in [6.45, 7) is 0.462. The van der Waals surface area contributed by atoms with E-state index in [2.05, 4.69) is 4.72 Å². The Labute approximate surface area is 170 Å². The summed E-state index contributed by atoms with van der Waals surface area (Å²) in [4.78, 5) is 14.1. The molecule has 29 heavy (non-hydrogen) atoms. The zero-order valence-electron chi connectivity index (χ0n) is 15.9. The van der Waals surface area contributed by atoms with Crippen molar-refractivity contribution in [1.82, 2.24) is 9.62 Å². The molecule has 0 bridgehead atoms. The molecule has 150 valence electrons. The highest BCUT2D eigenvalue weighted by Gasteiger charge is 2.21. The molecule has 3 aromatic carbocycles. The van der Waals surface area contributed by atoms with E-state index in [9.17, 15) is 18.3 Å². The molecule has 0 aliphatic rings. The van der Waals surface area contributed by atoms with Crippen LogP contribution in [0.5, 0.6) is 5.75 Å². The van der Waals surface area contributed by atoms with Crippen LogP contribution in [0.3, 0.4) is 0 Å². The van der Waals surface area contributed by atoms with E-state index in [0.29, 0.717) is 6.54 Å². The first-order valence-corrected chi connectivity index (χ1v) is 10.5. The molecular formula is C22H22N2O4S. The van der Waals surface area contributed by atoms with Gasteiger partial charge in [-0.3, -0.25) is 4.79 Å². The minimum Gasteiger partial charge on any atom is -0.507 e. The fourth-order valence-corrected chi connectivity index (χ4v) is 3.89. The standard InChI is InChI=1S/C22H22N2O4S/c1-24(16-18-10-6-3-7-11-18)22(26)20-14-19(12-13-21(20)25)29(27,28)23-15-17-8-4-2-5-9-17/h2-14,23,25H,15-16H2,1H3. The van der Waals surface area contributed by atoms with Gasteiger partial charge in [0.05, 0.1) is 10.5 Å². The average molecular weight is 410 g/mol. The number of hydrogen-bond acceptors (Lipinski definition) is 4. The number of benzene rings is 3. The van der Waals surface area contributed by atoms with Gasteiger partial charge in [0.1, 0.15) is 5.75 Å². The number of phenols is 1. The molecule has 0 heterocycles. The predicted octanol–water partition coefficient (Wildman–Crippen LogP) is 3.14. The van der Waals surface area contributed by atoms with Crippen LogP contribution < -0.4 is 4.72 Å². The lowest BCUT2D eigenvalue weighted by atomic mass is 10.1. The van der Waals surface area contributed by atoms with E-state index in [4.69, 9.17) is 0 Å². The van der Waals surface area contributed by atoms with Gasteiger partial charge < -0.3 is 10.0 Å². The minimum atomic E-state index is -3.85. The van der Waals surface area contributed by atoms with E-state index in [1.165, 1.54) is 23.1 Å². The predicted molar refractivity (Wildman–Crippen MR) is 111 cm³/mol. The summed E-state index contributed by atoms with van der Waals surface area (Å²) in [7, 11) is -2.25. The molecule has 7 heteroatoms. The minimum absolute atomic E-state index is 0.0639. The molecule has 6 nitrogen and oxygen atoms in total. The SMILES string of the molecule is CN(Cc1ccccc1)C(=O)c1cc(S(=O)(=O)NCc2ccccc2)ccc1O. The van der Waals surface area contributed by atoms with Crippen molar-refractivity contribution in [3.8, 4) is 5.75 Å². The summed E-state index contributed by atoms with van der Waals surface area (Å²) in [5.41, 5.74) is 1.68. The molecule has 0 aliphatic carbocycles. The third-order valence-corrected chi connectivity index (χ3v) is 5.83. The van der Waals surface area contributed by atoms with E-state index < -0.39 is 15.9 Å². The normalized spacial score (nSPS) is 11.2. The van der Waals surface area contributed by atoms with Gasteiger partial charge in [-0.2, -0.15) is 0 Å². The molecule has 0 unspecified atom stereocenters. The highest BCUT2D eigenvalue weighted by atomic mass is 32.2. The third-order valence-electron chi connectivity index (χ3n) is 4.43. The maximum Gasteiger partial charge on any atom is 0.257 e. The number of nitrogens with one attached hydrogen (secondary N) is 1. The van der Waals surface area contributed by atoms with Gasteiger partial charge in [-0.15, -0.1) is 0 Å². The summed E-state index contributed by atoms with van der Waals surface area (Å²) < 4.78 is 27.8. The molecule has 3 aromatic rings. The molecule has 0 atom stereocenters. The topological polar surface area (TPSA) is 86.7 Å². The maximum absolute atomic E-state index is 12.8. The van der Waals surface area contributed by atoms with Crippen LogP contribution in [-0.2, 0) is 23.1 Å². The highest BCUT2D eigenvalue weighted by Crippen LogP contribution is 2.23. The van der Waals surface area contributed by atoms with E-state index in [1.54, 1.807) is 7.05 Å². The van der Waals surface area contributed by atoms with Crippen LogP contribution in [0.2, 0.25) is 0 Å². The quantitative estimate of drug-likeness (QED) is 0.627. The molecule has 2 N–H and O–H groups in total. The smallest absolute Gasteiger partial charge is 0.257 e. The van der Waals surface area contributed by atoms with Crippen LogP contribution in [0, 0.1) is 0 Å². The number of nitrogens with zero attached hydrogens (tertiary/aromatic N) is 1. The fraction of sp³-hybridized carbons (Fsp3) is 0.136. The number of phenolic OH excluding ortho intramolecular Hbond substituents is 1. The molecule has 0 saturated heterocycles. The van der Waals surface area contributed by atoms with E-state index in [1.807, 2.05) is 60.7 Å². The average Bonchev–Trinajstić information content (AvgIpc) is 2.73. The first kappa shape index (κ1) is 20.6. The van der Waals surface area contributed by atoms with E-state index in [0.717, 1.165) is 11.1 Å². The Morgan fingerprint density at radius 1 is 0.931 bits per heavy atom. The number of aromatic hydroxyl groups is 1. The Kier molecular flexibility index (Phi) is 6.31. The van der Waals surface area contributed by atoms with Crippen molar-refractivity contribution >= 4 is 15.9 Å². The van der Waals surface area contributed by atoms with Gasteiger partial charge in [-0.05, 0) is 29.3 Å². The summed E-state index contributed by atoms with van der Waals surface area (Å²) >= 11 is 0. The Bertz CT molecular complexity index is 1080. The van der Waals surface area contributed by atoms with Gasteiger partial charge >= 0.3 is 0 Å². The first-order chi connectivity index (χ1) is 13.9. The summed E-state index contributed by atoms with van der Waals surface area (Å²) in [6.07, 6.45) is 0. The van der Waals surface area contributed by atoms with Crippen LogP contribution >= 0.6 is 0 Å². The van der Waals surface area contributed by atoms with Crippen molar-refractivity contribution in [2.24, 2.45) is 0 Å². The fourth-order valence-electron chi connectivity index (χ4n) is 2.85. The second-order valence-corrected chi connectivity index (χ2v) is 8.40. The van der Waals surface area contributed by atoms with Gasteiger partial charge in [0, 0.05) is 20.1 Å². The molecule has 0 saturated carbocycles. The lowest BCUT2D eigenvalue weighted by Crippen LogP contribution is -2.27. The monoisotopic (exact) mass is 410 g/mol. The second-order valence-electron chi connectivity index (χ2n) is 6.64. The summed E-state index contributed by atoms with van der Waals surface area (Å²) in [5.74, 6) is -0.733. The van der Waals surface area contributed by atoms with Crippen LogP contribution in [0.25, 0.3) is 0 Å². The highest BCUT2D eigenvalue weighted by molar-refractivity contribution is 7.89. The van der Waals surface area contributed by atoms with Crippen molar-refractivity contribution in [3.05, 3.63) is 95.6 Å². The lowest BCUT2D eigenvalue weighted by molar-refractivity contribution is 0.0782. The number of amides is 1. The molecule has 0 aromatic heterocycles. The third kappa shape index (κ3) is 5.22. The van der Waals surface area contributed by atoms with Gasteiger partial charge in [0.2, 0.25) is 10.0 Å². The molecule has 3 rings (SSSR count). The van der Waals surface area contributed by atoms with Crippen LogP contribution in [0.15, 0.2) is 83.8 Å². The molecule has 0 radical (unpaired) electrons. The van der Waals surface area contributed by atoms with Crippen LogP contribution in [0.4, 0.5) is 0 Å². The van der Waals surface area contributed by atoms with Crippen LogP contribution in [0.1, 0.15) is 21.5 Å². The van der Waals surface area contributed by atoms with Crippen molar-refractivity contribution < 1.29 is 18.3 Å². The number of rotatable bonds is 7. The van der Waals surface area contributed by atoms with Gasteiger partial charge in [-0.1, -0.05) is 60.7 Å². The lowest BCUT2D eigenvalue weighted by Gasteiger charge is -2.18. The zero-order valence-corrected chi connectivity index (χ0v) is 16.8. The van der Waals surface area contributed by atoms with Crippen molar-refractivity contribution in [3.63, 3.8) is 0 Å². The van der Waals surface area contributed by atoms with Crippen molar-refractivity contribution in [2.75, 3.05) is 7.05 Å². The van der Waals surface area contributed by atoms with E-state index >= 15 is 0 Å². The number of hydrogen-bond donors (Lipinski definition) is 2. The summed E-state index contributed by atoms with van der Waals surface area (Å²) in [5, 5.41) is 10.1. The number of carbonyl (C=O) groups excluding carboxylic acids is 1. The molecule has 0 spiro atoms. The Morgan fingerprint density at radius 2 is 1.52 bits per heavy atom. The van der Waals surface area contributed by atoms with Crippen LogP contribution in [-0.4, -0.2) is 31.4 Å². The van der Waals surface area contributed by atoms with Gasteiger partial charge in [0.15, 0.2) is 0 Å². The summed E-state index contributed by atoms with van der Waals surface area (Å²) in [6, 6.07) is 22.2. The van der Waals surface area contributed by atoms with Crippen molar-refractivity contribution in [1.29, 1.82) is 0 Å². The largest absolute Gasteiger partial charge is 0.507 e.